The van der Waals surface area contributed by atoms with Crippen molar-refractivity contribution < 1.29 is 18.1 Å². The van der Waals surface area contributed by atoms with Gasteiger partial charge in [-0.05, 0) is 29.8 Å². The van der Waals surface area contributed by atoms with E-state index in [1.807, 2.05) is 0 Å². The molecule has 0 amide bonds. The van der Waals surface area contributed by atoms with Crippen molar-refractivity contribution in [1.82, 2.24) is 9.97 Å². The van der Waals surface area contributed by atoms with Crippen molar-refractivity contribution in [1.29, 1.82) is 0 Å². The molecule has 0 saturated heterocycles. The molecule has 0 spiro atoms. The molecule has 1 aromatic carbocycles. The molecular weight excluding hydrogens is 313 g/mol. The van der Waals surface area contributed by atoms with Crippen molar-refractivity contribution in [2.24, 2.45) is 0 Å². The van der Waals surface area contributed by atoms with Gasteiger partial charge < -0.3 is 5.32 Å². The van der Waals surface area contributed by atoms with Crippen molar-refractivity contribution >= 4 is 28.8 Å². The molecule has 0 aliphatic rings. The van der Waals surface area contributed by atoms with Gasteiger partial charge in [0.15, 0.2) is 0 Å². The zero-order valence-electron chi connectivity index (χ0n) is 10.1. The number of alkyl halides is 3. The van der Waals surface area contributed by atoms with E-state index in [1.54, 1.807) is 0 Å². The van der Waals surface area contributed by atoms with E-state index < -0.39 is 22.4 Å². The molecule has 0 radical (unpaired) electrons. The van der Waals surface area contributed by atoms with Gasteiger partial charge in [-0.15, -0.1) is 0 Å². The van der Waals surface area contributed by atoms with E-state index in [0.717, 1.165) is 18.3 Å². The monoisotopic (exact) mass is 318 g/mol. The number of benzene rings is 1. The van der Waals surface area contributed by atoms with Crippen LogP contribution in [0.3, 0.4) is 0 Å². The highest BCUT2D eigenvalue weighted by atomic mass is 35.5. The van der Waals surface area contributed by atoms with Gasteiger partial charge in [0, 0.05) is 5.69 Å². The maximum atomic E-state index is 12.6. The minimum Gasteiger partial charge on any atom is -0.334 e. The van der Waals surface area contributed by atoms with Gasteiger partial charge in [0.25, 0.3) is 0 Å². The number of rotatable bonds is 3. The van der Waals surface area contributed by atoms with Crippen LogP contribution in [0.2, 0.25) is 5.28 Å². The average molecular weight is 319 g/mol. The standard InChI is InChI=1S/C11H6ClF3N4O2/c12-10-16-5-8(19(20)21)9(18-10)17-7-3-1-2-6(4-7)11(13,14)15/h1-5H,(H,16,17,18). The van der Waals surface area contributed by atoms with Crippen molar-refractivity contribution in [3.8, 4) is 0 Å². The van der Waals surface area contributed by atoms with E-state index in [9.17, 15) is 23.3 Å². The Labute approximate surface area is 120 Å². The third-order valence-corrected chi connectivity index (χ3v) is 2.57. The van der Waals surface area contributed by atoms with Crippen LogP contribution in [0.15, 0.2) is 30.5 Å². The lowest BCUT2D eigenvalue weighted by Crippen LogP contribution is -2.06. The summed E-state index contributed by atoms with van der Waals surface area (Å²) < 4.78 is 37.8. The maximum Gasteiger partial charge on any atom is 0.416 e. The molecule has 0 atom stereocenters. The molecule has 0 aliphatic heterocycles. The summed E-state index contributed by atoms with van der Waals surface area (Å²) in [6, 6.07) is 4.17. The van der Waals surface area contributed by atoms with E-state index >= 15 is 0 Å². The molecule has 10 heteroatoms. The molecule has 0 aliphatic carbocycles. The average Bonchev–Trinajstić information content (AvgIpc) is 2.37. The van der Waals surface area contributed by atoms with Gasteiger partial charge in [-0.3, -0.25) is 10.1 Å². The van der Waals surface area contributed by atoms with Crippen molar-refractivity contribution in [3.05, 3.63) is 51.4 Å². The highest BCUT2D eigenvalue weighted by Gasteiger charge is 2.30. The molecule has 1 aromatic heterocycles. The predicted octanol–water partition coefficient (Wildman–Crippen LogP) is 3.80. The molecule has 6 nitrogen and oxygen atoms in total. The maximum absolute atomic E-state index is 12.6. The third kappa shape index (κ3) is 3.57. The van der Waals surface area contributed by atoms with Gasteiger partial charge in [-0.2, -0.15) is 18.2 Å². The molecular formula is C11H6ClF3N4O2. The third-order valence-electron chi connectivity index (χ3n) is 2.39. The van der Waals surface area contributed by atoms with Gasteiger partial charge in [-0.1, -0.05) is 6.07 Å². The number of nitro groups is 1. The number of halogens is 4. The second-order valence-corrected chi connectivity index (χ2v) is 4.17. The van der Waals surface area contributed by atoms with E-state index in [-0.39, 0.29) is 16.8 Å². The number of anilines is 2. The number of hydrogen-bond acceptors (Lipinski definition) is 5. The quantitative estimate of drug-likeness (QED) is 0.529. The van der Waals surface area contributed by atoms with Crippen LogP contribution in [0.25, 0.3) is 0 Å². The molecule has 0 bridgehead atoms. The molecule has 1 N–H and O–H groups in total. The molecule has 2 rings (SSSR count). The van der Waals surface area contributed by atoms with E-state index in [2.05, 4.69) is 15.3 Å². The van der Waals surface area contributed by atoms with Gasteiger partial charge in [0.1, 0.15) is 6.20 Å². The van der Waals surface area contributed by atoms with Crippen LogP contribution in [-0.2, 0) is 6.18 Å². The normalized spacial score (nSPS) is 11.2. The largest absolute Gasteiger partial charge is 0.416 e. The molecule has 21 heavy (non-hydrogen) atoms. The second-order valence-electron chi connectivity index (χ2n) is 3.83. The summed E-state index contributed by atoms with van der Waals surface area (Å²) in [5, 5.41) is 13.0. The highest BCUT2D eigenvalue weighted by Crippen LogP contribution is 2.32. The Bertz CT molecular complexity index is 693. The fourth-order valence-electron chi connectivity index (χ4n) is 1.49. The van der Waals surface area contributed by atoms with Crippen LogP contribution in [0, 0.1) is 10.1 Å². The van der Waals surface area contributed by atoms with Crippen LogP contribution >= 0.6 is 11.6 Å². The first-order chi connectivity index (χ1) is 9.77. The first-order valence-electron chi connectivity index (χ1n) is 5.38. The van der Waals surface area contributed by atoms with Crippen molar-refractivity contribution in [3.63, 3.8) is 0 Å². The molecule has 1 heterocycles. The summed E-state index contributed by atoms with van der Waals surface area (Å²) in [6.07, 6.45) is -3.65. The first-order valence-corrected chi connectivity index (χ1v) is 5.76. The summed E-state index contributed by atoms with van der Waals surface area (Å²) in [7, 11) is 0. The van der Waals surface area contributed by atoms with Crippen LogP contribution in [0.1, 0.15) is 5.56 Å². The zero-order valence-corrected chi connectivity index (χ0v) is 10.8. The smallest absolute Gasteiger partial charge is 0.334 e. The number of hydrogen-bond donors (Lipinski definition) is 1. The lowest BCUT2D eigenvalue weighted by Gasteiger charge is -2.10. The van der Waals surface area contributed by atoms with Crippen molar-refractivity contribution in [2.75, 3.05) is 5.32 Å². The number of nitrogens with zero attached hydrogens (tertiary/aromatic N) is 3. The zero-order chi connectivity index (χ0) is 15.6. The van der Waals surface area contributed by atoms with Crippen LogP contribution < -0.4 is 5.32 Å². The van der Waals surface area contributed by atoms with Crippen LogP contribution in [0.5, 0.6) is 0 Å². The summed E-state index contributed by atoms with van der Waals surface area (Å²) in [5.74, 6) is -0.292. The van der Waals surface area contributed by atoms with Gasteiger partial charge in [0.05, 0.1) is 10.5 Å². The summed E-state index contributed by atoms with van der Waals surface area (Å²) in [4.78, 5) is 17.1. The first kappa shape index (κ1) is 15.0. The van der Waals surface area contributed by atoms with E-state index in [0.29, 0.717) is 0 Å². The SMILES string of the molecule is O=[N+]([O-])c1cnc(Cl)nc1Nc1cccc(C(F)(F)F)c1. The van der Waals surface area contributed by atoms with Gasteiger partial charge >= 0.3 is 11.9 Å². The van der Waals surface area contributed by atoms with E-state index in [4.69, 9.17) is 11.6 Å². The Hall–Kier alpha value is -2.42. The summed E-state index contributed by atoms with van der Waals surface area (Å²) >= 11 is 5.53. The molecule has 0 fully saturated rings. The molecule has 0 unspecified atom stereocenters. The topological polar surface area (TPSA) is 81.0 Å². The summed E-state index contributed by atoms with van der Waals surface area (Å²) in [5.41, 5.74) is -1.41. The fraction of sp³-hybridized carbons (Fsp3) is 0.0909. The Morgan fingerprint density at radius 3 is 2.67 bits per heavy atom. The minimum atomic E-state index is -4.52. The molecule has 0 saturated carbocycles. The predicted molar refractivity (Wildman–Crippen MR) is 68.4 cm³/mol. The minimum absolute atomic E-state index is 0.0114. The van der Waals surface area contributed by atoms with Crippen LogP contribution in [-0.4, -0.2) is 14.9 Å². The number of aromatic nitrogens is 2. The highest BCUT2D eigenvalue weighted by molar-refractivity contribution is 6.28. The van der Waals surface area contributed by atoms with E-state index in [1.165, 1.54) is 12.1 Å². The lowest BCUT2D eigenvalue weighted by atomic mass is 10.2. The Morgan fingerprint density at radius 2 is 2.05 bits per heavy atom. The fourth-order valence-corrected chi connectivity index (χ4v) is 1.62. The van der Waals surface area contributed by atoms with Gasteiger partial charge in [-0.25, -0.2) is 4.98 Å². The summed E-state index contributed by atoms with van der Waals surface area (Å²) in [6.45, 7) is 0. The van der Waals surface area contributed by atoms with Crippen LogP contribution in [0.4, 0.5) is 30.4 Å². The Balaban J connectivity index is 2.39. The molecule has 110 valence electrons. The second kappa shape index (κ2) is 5.52. The van der Waals surface area contributed by atoms with Gasteiger partial charge in [0.2, 0.25) is 11.1 Å². The Morgan fingerprint density at radius 1 is 1.33 bits per heavy atom. The van der Waals surface area contributed by atoms with Crippen molar-refractivity contribution in [2.45, 2.75) is 6.18 Å². The lowest BCUT2D eigenvalue weighted by molar-refractivity contribution is -0.384. The number of nitrogens with one attached hydrogen (secondary N) is 1. The Kier molecular flexibility index (Phi) is 3.94. The molecule has 2 aromatic rings.